The number of nitrogens with zero attached hydrogens (tertiary/aromatic N) is 1. The fourth-order valence-corrected chi connectivity index (χ4v) is 3.07. The Morgan fingerprint density at radius 3 is 2.67 bits per heavy atom. The number of amides is 2. The summed E-state index contributed by atoms with van der Waals surface area (Å²) in [6.07, 6.45) is 2.96. The molecule has 1 aliphatic rings. The van der Waals surface area contributed by atoms with E-state index in [1.807, 2.05) is 0 Å². The lowest BCUT2D eigenvalue weighted by Gasteiger charge is -2.27. The Kier molecular flexibility index (Phi) is 6.58. The van der Waals surface area contributed by atoms with Crippen molar-refractivity contribution in [3.8, 4) is 11.5 Å². The number of nitrogens with one attached hydrogen (secondary N) is 1. The van der Waals surface area contributed by atoms with Crippen LogP contribution in [-0.2, 0) is 16.2 Å². The molecule has 0 unspecified atom stereocenters. The number of benzene rings is 2. The van der Waals surface area contributed by atoms with Crippen molar-refractivity contribution in [2.24, 2.45) is 0 Å². The van der Waals surface area contributed by atoms with Gasteiger partial charge in [-0.1, -0.05) is 30.3 Å². The molecule has 30 heavy (non-hydrogen) atoms. The molecule has 0 atom stereocenters. The minimum atomic E-state index is -0.579. The van der Waals surface area contributed by atoms with Gasteiger partial charge in [0.15, 0.2) is 16.6 Å². The molecule has 0 radical (unpaired) electrons. The van der Waals surface area contributed by atoms with E-state index in [0.717, 1.165) is 0 Å². The number of rotatable bonds is 7. The van der Waals surface area contributed by atoms with Crippen LogP contribution in [-0.4, -0.2) is 35.5 Å². The monoisotopic (exact) mass is 426 g/mol. The highest BCUT2D eigenvalue weighted by Crippen LogP contribution is 2.30. The zero-order valence-corrected chi connectivity index (χ0v) is 17.0. The summed E-state index contributed by atoms with van der Waals surface area (Å²) in [7, 11) is 1.46. The zero-order chi connectivity index (χ0) is 21.7. The summed E-state index contributed by atoms with van der Waals surface area (Å²) < 4.78 is 24.8. The first-order chi connectivity index (χ1) is 14.4. The van der Waals surface area contributed by atoms with E-state index in [1.54, 1.807) is 36.4 Å². The molecule has 8 heteroatoms. The summed E-state index contributed by atoms with van der Waals surface area (Å²) in [5, 5.41) is 2.53. The van der Waals surface area contributed by atoms with Gasteiger partial charge in [0.2, 0.25) is 0 Å². The molecule has 0 aliphatic carbocycles. The highest BCUT2D eigenvalue weighted by molar-refractivity contribution is 7.80. The number of ether oxygens (including phenoxy) is 2. The average molecular weight is 426 g/mol. The number of halogens is 1. The van der Waals surface area contributed by atoms with Gasteiger partial charge in [-0.15, -0.1) is 6.58 Å². The molecular formula is C22H19FN2O4S. The lowest BCUT2D eigenvalue weighted by molar-refractivity contribution is -0.128. The lowest BCUT2D eigenvalue weighted by Crippen LogP contribution is -2.53. The van der Waals surface area contributed by atoms with Crippen molar-refractivity contribution in [2.75, 3.05) is 13.7 Å². The number of methoxy groups -OCH3 is 1. The molecule has 1 saturated heterocycles. The van der Waals surface area contributed by atoms with E-state index < -0.39 is 11.8 Å². The number of carbonyl (C=O) groups is 2. The number of carbonyl (C=O) groups excluding carboxylic acids is 2. The van der Waals surface area contributed by atoms with E-state index in [0.29, 0.717) is 22.6 Å². The Hall–Kier alpha value is -3.52. The standard InChI is InChI=1S/C22H19FN2O4S/c1-3-10-25-21(27)16(20(26)24-22(25)30)11-14-8-9-18(19(12-14)28-2)29-13-15-6-4-5-7-17(15)23/h3-9,11-12H,1,10,13H2,2H3,(H,24,26,30). The van der Waals surface area contributed by atoms with Gasteiger partial charge in [0, 0.05) is 12.1 Å². The first kappa shape index (κ1) is 21.2. The molecule has 154 valence electrons. The zero-order valence-electron chi connectivity index (χ0n) is 16.2. The maximum Gasteiger partial charge on any atom is 0.265 e. The third kappa shape index (κ3) is 4.55. The van der Waals surface area contributed by atoms with Crippen molar-refractivity contribution in [3.63, 3.8) is 0 Å². The molecule has 3 rings (SSSR count). The summed E-state index contributed by atoms with van der Waals surface area (Å²) >= 11 is 5.03. The Morgan fingerprint density at radius 1 is 1.20 bits per heavy atom. The van der Waals surface area contributed by atoms with Crippen LogP contribution in [0.2, 0.25) is 0 Å². The first-order valence-electron chi connectivity index (χ1n) is 8.98. The van der Waals surface area contributed by atoms with Gasteiger partial charge in [0.25, 0.3) is 11.8 Å². The van der Waals surface area contributed by atoms with Crippen LogP contribution in [0.3, 0.4) is 0 Å². The van der Waals surface area contributed by atoms with Crippen LogP contribution in [0.25, 0.3) is 6.08 Å². The molecular weight excluding hydrogens is 407 g/mol. The van der Waals surface area contributed by atoms with Gasteiger partial charge < -0.3 is 9.47 Å². The van der Waals surface area contributed by atoms with Crippen molar-refractivity contribution in [1.82, 2.24) is 10.2 Å². The summed E-state index contributed by atoms with van der Waals surface area (Å²) in [4.78, 5) is 26.1. The van der Waals surface area contributed by atoms with Crippen molar-refractivity contribution >= 4 is 35.2 Å². The summed E-state index contributed by atoms with van der Waals surface area (Å²) in [5.41, 5.74) is 0.899. The van der Waals surface area contributed by atoms with Crippen LogP contribution in [0.5, 0.6) is 11.5 Å². The minimum Gasteiger partial charge on any atom is -0.493 e. The predicted octanol–water partition coefficient (Wildman–Crippen LogP) is 3.23. The summed E-state index contributed by atoms with van der Waals surface area (Å²) in [6, 6.07) is 11.2. The fourth-order valence-electron chi connectivity index (χ4n) is 2.82. The van der Waals surface area contributed by atoms with E-state index in [-0.39, 0.29) is 29.7 Å². The summed E-state index contributed by atoms with van der Waals surface area (Å²) in [6.45, 7) is 3.80. The molecule has 1 fully saturated rings. The Bertz CT molecular complexity index is 1050. The minimum absolute atomic E-state index is 0.0261. The van der Waals surface area contributed by atoms with E-state index in [9.17, 15) is 14.0 Å². The second-order valence-electron chi connectivity index (χ2n) is 6.31. The van der Waals surface area contributed by atoms with Gasteiger partial charge in [-0.05, 0) is 42.1 Å². The van der Waals surface area contributed by atoms with Crippen LogP contribution in [0.15, 0.2) is 60.7 Å². The van der Waals surface area contributed by atoms with Crippen LogP contribution >= 0.6 is 12.2 Å². The topological polar surface area (TPSA) is 67.9 Å². The largest absolute Gasteiger partial charge is 0.493 e. The fraction of sp³-hybridized carbons (Fsp3) is 0.136. The maximum absolute atomic E-state index is 13.8. The van der Waals surface area contributed by atoms with E-state index in [4.69, 9.17) is 21.7 Å². The molecule has 0 aromatic heterocycles. The van der Waals surface area contributed by atoms with Crippen LogP contribution in [0, 0.1) is 5.82 Å². The van der Waals surface area contributed by atoms with Crippen LogP contribution in [0.1, 0.15) is 11.1 Å². The molecule has 1 heterocycles. The summed E-state index contributed by atoms with van der Waals surface area (Å²) in [5.74, 6) is -0.673. The Balaban J connectivity index is 1.84. The highest BCUT2D eigenvalue weighted by Gasteiger charge is 2.32. The molecule has 2 aromatic rings. The molecule has 1 aliphatic heterocycles. The molecule has 2 amide bonds. The second kappa shape index (κ2) is 9.32. The third-order valence-electron chi connectivity index (χ3n) is 4.34. The van der Waals surface area contributed by atoms with E-state index in [1.165, 1.54) is 30.2 Å². The van der Waals surface area contributed by atoms with Crippen molar-refractivity contribution in [3.05, 3.63) is 77.6 Å². The van der Waals surface area contributed by atoms with Gasteiger partial charge in [0.05, 0.1) is 7.11 Å². The molecule has 1 N–H and O–H groups in total. The van der Waals surface area contributed by atoms with Gasteiger partial charge in [-0.25, -0.2) is 4.39 Å². The van der Waals surface area contributed by atoms with Gasteiger partial charge >= 0.3 is 0 Å². The first-order valence-corrected chi connectivity index (χ1v) is 9.39. The SMILES string of the molecule is C=CCN1C(=O)C(=Cc2ccc(OCc3ccccc3F)c(OC)c2)C(=O)NC1=S. The molecule has 6 nitrogen and oxygen atoms in total. The number of hydrogen-bond donors (Lipinski definition) is 1. The maximum atomic E-state index is 13.8. The smallest absolute Gasteiger partial charge is 0.265 e. The molecule has 0 bridgehead atoms. The van der Waals surface area contributed by atoms with Crippen LogP contribution in [0.4, 0.5) is 4.39 Å². The molecule has 0 saturated carbocycles. The van der Waals surface area contributed by atoms with Crippen molar-refractivity contribution < 1.29 is 23.5 Å². The van der Waals surface area contributed by atoms with Crippen molar-refractivity contribution in [1.29, 1.82) is 0 Å². The lowest BCUT2D eigenvalue weighted by atomic mass is 10.1. The number of thiocarbonyl (C=S) groups is 1. The molecule has 2 aromatic carbocycles. The van der Waals surface area contributed by atoms with Gasteiger partial charge in [-0.2, -0.15) is 0 Å². The van der Waals surface area contributed by atoms with Crippen LogP contribution < -0.4 is 14.8 Å². The highest BCUT2D eigenvalue weighted by atomic mass is 32.1. The van der Waals surface area contributed by atoms with E-state index in [2.05, 4.69) is 11.9 Å². The Morgan fingerprint density at radius 2 is 1.97 bits per heavy atom. The van der Waals surface area contributed by atoms with Gasteiger partial charge in [-0.3, -0.25) is 19.8 Å². The quantitative estimate of drug-likeness (QED) is 0.319. The van der Waals surface area contributed by atoms with Crippen molar-refractivity contribution in [2.45, 2.75) is 6.61 Å². The number of hydrogen-bond acceptors (Lipinski definition) is 5. The van der Waals surface area contributed by atoms with E-state index >= 15 is 0 Å². The molecule has 0 spiro atoms. The third-order valence-corrected chi connectivity index (χ3v) is 4.66. The predicted molar refractivity (Wildman–Crippen MR) is 114 cm³/mol. The second-order valence-corrected chi connectivity index (χ2v) is 6.70. The normalized spacial score (nSPS) is 15.2. The average Bonchev–Trinajstić information content (AvgIpc) is 2.74. The van der Waals surface area contributed by atoms with Gasteiger partial charge in [0.1, 0.15) is 18.0 Å². The Labute approximate surface area is 178 Å².